The molecule has 1 aliphatic heterocycles. The van der Waals surface area contributed by atoms with Gasteiger partial charge < -0.3 is 15.2 Å². The number of nitriles is 1. The van der Waals surface area contributed by atoms with Crippen molar-refractivity contribution in [1.29, 1.82) is 5.26 Å². The maximum Gasteiger partial charge on any atom is 0.345 e. The number of rotatable bonds is 3. The number of hydrogen-bond donors (Lipinski definition) is 2. The number of fused-ring (bicyclic) bond motifs is 1. The lowest BCUT2D eigenvalue weighted by molar-refractivity contribution is 0.0735. The molecule has 0 unspecified atom stereocenters. The third-order valence-corrected chi connectivity index (χ3v) is 5.54. The van der Waals surface area contributed by atoms with Crippen LogP contribution in [0.2, 0.25) is 5.02 Å². The second-order valence-electron chi connectivity index (χ2n) is 8.43. The highest BCUT2D eigenvalue weighted by Gasteiger charge is 2.38. The maximum absolute atomic E-state index is 12.4. The van der Waals surface area contributed by atoms with Gasteiger partial charge in [-0.1, -0.05) is 56.6 Å². The van der Waals surface area contributed by atoms with E-state index in [9.17, 15) is 10.1 Å². The van der Waals surface area contributed by atoms with Crippen LogP contribution in [0.15, 0.2) is 60.0 Å². The van der Waals surface area contributed by atoms with Crippen molar-refractivity contribution in [3.05, 3.63) is 87.4 Å². The van der Waals surface area contributed by atoms with Crippen molar-refractivity contribution in [2.24, 2.45) is 5.73 Å². The molecule has 0 radical (unpaired) electrons. The summed E-state index contributed by atoms with van der Waals surface area (Å²) in [5, 5.41) is 17.4. The molecule has 0 fully saturated rings. The number of aromatic nitrogens is 2. The van der Waals surface area contributed by atoms with E-state index >= 15 is 0 Å². The smallest absolute Gasteiger partial charge is 0.345 e. The summed E-state index contributed by atoms with van der Waals surface area (Å²) >= 11 is 6.08. The van der Waals surface area contributed by atoms with Gasteiger partial charge in [-0.2, -0.15) is 5.26 Å². The summed E-state index contributed by atoms with van der Waals surface area (Å²) in [5.74, 6) is -0.296. The standard InChI is InChI=1S/C24H21ClN4O3/c1-24(2,3)20-19-18(16(12-26)21(27)32-22(19)29-28-20)13-8-10-14(11-9-13)31-23(30)15-6-4-5-7-17(15)25/h4-11,18H,27H2,1-3H3,(H,28,29)/t18-/m0/s1. The molecule has 1 aromatic heterocycles. The molecule has 8 heteroatoms. The SMILES string of the molecule is CC(C)(C)c1[nH]nc2c1[C@@H](c1ccc(OC(=O)c3ccccc3Cl)cc1)C(C#N)=C(N)O2. The lowest BCUT2D eigenvalue weighted by atomic mass is 9.79. The molecule has 1 atom stereocenters. The highest BCUT2D eigenvalue weighted by Crippen LogP contribution is 2.45. The second-order valence-corrected chi connectivity index (χ2v) is 8.84. The fraction of sp³-hybridized carbons (Fsp3) is 0.208. The first-order valence-electron chi connectivity index (χ1n) is 9.93. The van der Waals surface area contributed by atoms with Crippen LogP contribution in [0.4, 0.5) is 0 Å². The molecule has 0 amide bonds. The minimum atomic E-state index is -0.552. The van der Waals surface area contributed by atoms with Gasteiger partial charge >= 0.3 is 5.97 Å². The van der Waals surface area contributed by atoms with Crippen LogP contribution < -0.4 is 15.2 Å². The number of aromatic amines is 1. The summed E-state index contributed by atoms with van der Waals surface area (Å²) in [4.78, 5) is 12.4. The predicted molar refractivity (Wildman–Crippen MR) is 119 cm³/mol. The van der Waals surface area contributed by atoms with Gasteiger partial charge in [0.25, 0.3) is 0 Å². The number of carbonyl (C=O) groups is 1. The Morgan fingerprint density at radius 1 is 1.22 bits per heavy atom. The summed E-state index contributed by atoms with van der Waals surface area (Å²) in [6.07, 6.45) is 0. The highest BCUT2D eigenvalue weighted by atomic mass is 35.5. The minimum Gasteiger partial charge on any atom is -0.423 e. The zero-order valence-electron chi connectivity index (χ0n) is 17.8. The van der Waals surface area contributed by atoms with Gasteiger partial charge in [0.1, 0.15) is 17.4 Å². The molecule has 162 valence electrons. The molecule has 2 heterocycles. The number of hydrogen-bond acceptors (Lipinski definition) is 6. The first-order chi connectivity index (χ1) is 15.2. The highest BCUT2D eigenvalue weighted by molar-refractivity contribution is 6.33. The first-order valence-corrected chi connectivity index (χ1v) is 10.3. The molecule has 2 aromatic carbocycles. The Morgan fingerprint density at radius 2 is 1.91 bits per heavy atom. The third-order valence-electron chi connectivity index (χ3n) is 5.21. The number of ether oxygens (including phenoxy) is 2. The molecule has 7 nitrogen and oxygen atoms in total. The third kappa shape index (κ3) is 3.81. The quantitative estimate of drug-likeness (QED) is 0.439. The number of nitrogens with zero attached hydrogens (tertiary/aromatic N) is 2. The molecular weight excluding hydrogens is 428 g/mol. The zero-order valence-corrected chi connectivity index (χ0v) is 18.5. The molecule has 0 spiro atoms. The van der Waals surface area contributed by atoms with Crippen LogP contribution in [-0.2, 0) is 5.41 Å². The Hall–Kier alpha value is -3.76. The van der Waals surface area contributed by atoms with Crippen molar-refractivity contribution < 1.29 is 14.3 Å². The number of nitrogens with one attached hydrogen (secondary N) is 1. The van der Waals surface area contributed by atoms with Crippen LogP contribution in [0.1, 0.15) is 53.9 Å². The summed E-state index contributed by atoms with van der Waals surface area (Å²) in [6, 6.07) is 15.8. The monoisotopic (exact) mass is 448 g/mol. The van der Waals surface area contributed by atoms with E-state index in [0.717, 1.165) is 16.8 Å². The van der Waals surface area contributed by atoms with Gasteiger partial charge in [-0.15, -0.1) is 5.10 Å². The van der Waals surface area contributed by atoms with Crippen LogP contribution in [-0.4, -0.2) is 16.2 Å². The summed E-state index contributed by atoms with van der Waals surface area (Å²) in [5.41, 5.74) is 8.75. The van der Waals surface area contributed by atoms with E-state index in [-0.39, 0.29) is 16.9 Å². The van der Waals surface area contributed by atoms with Crippen LogP contribution in [0, 0.1) is 11.3 Å². The van der Waals surface area contributed by atoms with Gasteiger partial charge in [0.05, 0.1) is 22.1 Å². The Balaban J connectivity index is 1.70. The number of H-pyrrole nitrogens is 1. The normalized spacial score (nSPS) is 15.5. The molecule has 0 saturated carbocycles. The fourth-order valence-corrected chi connectivity index (χ4v) is 3.88. The van der Waals surface area contributed by atoms with Crippen molar-refractivity contribution in [2.75, 3.05) is 0 Å². The lowest BCUT2D eigenvalue weighted by Gasteiger charge is -2.27. The van der Waals surface area contributed by atoms with Crippen molar-refractivity contribution in [3.8, 4) is 17.7 Å². The molecule has 1 aliphatic rings. The lowest BCUT2D eigenvalue weighted by Crippen LogP contribution is -2.23. The van der Waals surface area contributed by atoms with Crippen LogP contribution in [0.5, 0.6) is 11.6 Å². The molecule has 32 heavy (non-hydrogen) atoms. The van der Waals surface area contributed by atoms with Crippen LogP contribution >= 0.6 is 11.6 Å². The number of allylic oxidation sites excluding steroid dienone is 1. The van der Waals surface area contributed by atoms with Crippen molar-refractivity contribution in [1.82, 2.24) is 10.2 Å². The Morgan fingerprint density at radius 3 is 2.53 bits per heavy atom. The number of halogens is 1. The molecule has 3 aromatic rings. The van der Waals surface area contributed by atoms with Gasteiger partial charge in [0.15, 0.2) is 0 Å². The maximum atomic E-state index is 12.4. The van der Waals surface area contributed by atoms with E-state index < -0.39 is 11.9 Å². The van der Waals surface area contributed by atoms with Gasteiger partial charge in [-0.3, -0.25) is 5.10 Å². The molecule has 4 rings (SSSR count). The van der Waals surface area contributed by atoms with E-state index in [1.807, 2.05) is 20.8 Å². The van der Waals surface area contributed by atoms with E-state index in [1.165, 1.54) is 0 Å². The molecule has 0 aliphatic carbocycles. The van der Waals surface area contributed by atoms with Crippen molar-refractivity contribution >= 4 is 17.6 Å². The number of esters is 1. The van der Waals surface area contributed by atoms with Gasteiger partial charge in [-0.05, 0) is 29.8 Å². The Bertz CT molecular complexity index is 1260. The zero-order chi connectivity index (χ0) is 23.0. The number of benzene rings is 2. The topological polar surface area (TPSA) is 114 Å². The van der Waals surface area contributed by atoms with E-state index in [1.54, 1.807) is 48.5 Å². The molecule has 0 saturated heterocycles. The Kier molecular flexibility index (Phi) is 5.41. The molecule has 3 N–H and O–H groups in total. The van der Waals surface area contributed by atoms with E-state index in [2.05, 4.69) is 16.3 Å². The molecular formula is C24H21ClN4O3. The minimum absolute atomic E-state index is 0.0196. The fourth-order valence-electron chi connectivity index (χ4n) is 3.67. The summed E-state index contributed by atoms with van der Waals surface area (Å²) in [7, 11) is 0. The van der Waals surface area contributed by atoms with E-state index in [4.69, 9.17) is 26.8 Å². The van der Waals surface area contributed by atoms with Gasteiger partial charge in [0, 0.05) is 11.1 Å². The first kappa shape index (κ1) is 21.5. The summed E-state index contributed by atoms with van der Waals surface area (Å²) in [6.45, 7) is 6.13. The Labute approximate surface area is 190 Å². The molecule has 0 bridgehead atoms. The van der Waals surface area contributed by atoms with Crippen LogP contribution in [0.3, 0.4) is 0 Å². The average molecular weight is 449 g/mol. The van der Waals surface area contributed by atoms with Gasteiger partial charge in [-0.25, -0.2) is 4.79 Å². The van der Waals surface area contributed by atoms with E-state index in [0.29, 0.717) is 22.2 Å². The predicted octanol–water partition coefficient (Wildman–Crippen LogP) is 4.80. The number of carbonyl (C=O) groups excluding carboxylic acids is 1. The van der Waals surface area contributed by atoms with Gasteiger partial charge in [0.2, 0.25) is 11.8 Å². The van der Waals surface area contributed by atoms with Crippen molar-refractivity contribution in [3.63, 3.8) is 0 Å². The largest absolute Gasteiger partial charge is 0.423 e. The van der Waals surface area contributed by atoms with Crippen molar-refractivity contribution in [2.45, 2.75) is 32.1 Å². The summed E-state index contributed by atoms with van der Waals surface area (Å²) < 4.78 is 11.1. The second kappa shape index (κ2) is 8.06. The van der Waals surface area contributed by atoms with Crippen LogP contribution in [0.25, 0.3) is 0 Å². The number of nitrogens with two attached hydrogens (primary N) is 1. The average Bonchev–Trinajstić information content (AvgIpc) is 3.17.